The minimum absolute atomic E-state index is 0.0112. The molecule has 1 rings (SSSR count). The van der Waals surface area contributed by atoms with E-state index in [-0.39, 0.29) is 17.6 Å². The molecule has 0 aliphatic rings. The zero-order chi connectivity index (χ0) is 14.6. The maximum Gasteiger partial charge on any atom is 0.0777 e. The summed E-state index contributed by atoms with van der Waals surface area (Å²) in [4.78, 5) is 0. The third-order valence-corrected chi connectivity index (χ3v) is 3.90. The van der Waals surface area contributed by atoms with Crippen LogP contribution in [0, 0.1) is 5.41 Å². The SMILES string of the molecule is CCOC(C(N)Cc1ccc(Br)cc1Cl)C(C)(C)C. The van der Waals surface area contributed by atoms with Crippen LogP contribution in [0.2, 0.25) is 5.02 Å². The van der Waals surface area contributed by atoms with E-state index in [0.717, 1.165) is 15.1 Å². The van der Waals surface area contributed by atoms with Crippen LogP contribution in [0.15, 0.2) is 22.7 Å². The Morgan fingerprint density at radius 3 is 2.47 bits per heavy atom. The van der Waals surface area contributed by atoms with Crippen LogP contribution < -0.4 is 5.73 Å². The third kappa shape index (κ3) is 5.07. The summed E-state index contributed by atoms with van der Waals surface area (Å²) in [6, 6.07) is 5.83. The van der Waals surface area contributed by atoms with Gasteiger partial charge in [0.25, 0.3) is 0 Å². The van der Waals surface area contributed by atoms with E-state index in [9.17, 15) is 0 Å². The van der Waals surface area contributed by atoms with Crippen molar-refractivity contribution in [3.05, 3.63) is 33.3 Å². The van der Waals surface area contributed by atoms with Crippen molar-refractivity contribution in [1.29, 1.82) is 0 Å². The second-order valence-corrected chi connectivity index (χ2v) is 7.17. The van der Waals surface area contributed by atoms with E-state index in [2.05, 4.69) is 36.7 Å². The van der Waals surface area contributed by atoms with Gasteiger partial charge in [-0.25, -0.2) is 0 Å². The summed E-state index contributed by atoms with van der Waals surface area (Å²) in [6.45, 7) is 9.12. The van der Waals surface area contributed by atoms with Crippen molar-refractivity contribution in [2.24, 2.45) is 11.1 Å². The van der Waals surface area contributed by atoms with E-state index in [1.807, 2.05) is 25.1 Å². The molecule has 0 bridgehead atoms. The highest BCUT2D eigenvalue weighted by Gasteiger charge is 2.31. The van der Waals surface area contributed by atoms with E-state index >= 15 is 0 Å². The molecular weight excluding hydrogens is 326 g/mol. The number of rotatable bonds is 5. The summed E-state index contributed by atoms with van der Waals surface area (Å²) in [5.41, 5.74) is 7.41. The van der Waals surface area contributed by atoms with Crippen LogP contribution in [-0.4, -0.2) is 18.8 Å². The molecule has 2 N–H and O–H groups in total. The largest absolute Gasteiger partial charge is 0.376 e. The fourth-order valence-electron chi connectivity index (χ4n) is 2.24. The van der Waals surface area contributed by atoms with Crippen molar-refractivity contribution in [3.63, 3.8) is 0 Å². The Kier molecular flexibility index (Phi) is 6.31. The Balaban J connectivity index is 2.84. The fourth-order valence-corrected chi connectivity index (χ4v) is 2.99. The van der Waals surface area contributed by atoms with Crippen LogP contribution in [-0.2, 0) is 11.2 Å². The number of nitrogens with two attached hydrogens (primary N) is 1. The first-order chi connectivity index (χ1) is 8.75. The van der Waals surface area contributed by atoms with Crippen LogP contribution in [0.25, 0.3) is 0 Å². The maximum atomic E-state index is 6.33. The highest BCUT2D eigenvalue weighted by atomic mass is 79.9. The Labute approximate surface area is 129 Å². The molecule has 4 heteroatoms. The number of hydrogen-bond acceptors (Lipinski definition) is 2. The molecule has 0 aliphatic heterocycles. The Hall–Kier alpha value is -0.0900. The molecule has 0 amide bonds. The predicted octanol–water partition coefficient (Wildman–Crippen LogP) is 4.42. The molecule has 0 saturated heterocycles. The van der Waals surface area contributed by atoms with E-state index in [1.54, 1.807) is 0 Å². The molecular formula is C15H23BrClNO. The number of halogens is 2. The van der Waals surface area contributed by atoms with Crippen molar-refractivity contribution >= 4 is 27.5 Å². The van der Waals surface area contributed by atoms with Gasteiger partial charge in [0.15, 0.2) is 0 Å². The summed E-state index contributed by atoms with van der Waals surface area (Å²) in [6.07, 6.45) is 0.728. The summed E-state index contributed by atoms with van der Waals surface area (Å²) in [5, 5.41) is 0.744. The lowest BCUT2D eigenvalue weighted by atomic mass is 9.82. The normalized spacial score (nSPS) is 15.3. The lowest BCUT2D eigenvalue weighted by Gasteiger charge is -2.35. The molecule has 2 atom stereocenters. The number of ether oxygens (including phenoxy) is 1. The molecule has 108 valence electrons. The van der Waals surface area contributed by atoms with Crippen LogP contribution >= 0.6 is 27.5 Å². The van der Waals surface area contributed by atoms with E-state index in [0.29, 0.717) is 13.0 Å². The first-order valence-electron chi connectivity index (χ1n) is 6.56. The summed E-state index contributed by atoms with van der Waals surface area (Å²) >= 11 is 9.65. The van der Waals surface area contributed by atoms with Gasteiger partial charge in [0, 0.05) is 22.1 Å². The molecule has 0 heterocycles. The van der Waals surface area contributed by atoms with Gasteiger partial charge in [-0.1, -0.05) is 54.4 Å². The van der Waals surface area contributed by atoms with Gasteiger partial charge in [-0.3, -0.25) is 0 Å². The summed E-state index contributed by atoms with van der Waals surface area (Å²) < 4.78 is 6.81. The lowest BCUT2D eigenvalue weighted by Crippen LogP contribution is -2.46. The van der Waals surface area contributed by atoms with Crippen molar-refractivity contribution in [1.82, 2.24) is 0 Å². The van der Waals surface area contributed by atoms with Gasteiger partial charge in [-0.05, 0) is 36.5 Å². The molecule has 0 aromatic heterocycles. The first kappa shape index (κ1) is 17.0. The standard InChI is InChI=1S/C15H23BrClNO/c1-5-19-14(15(2,3)4)13(18)8-10-6-7-11(16)9-12(10)17/h6-7,9,13-14H,5,8,18H2,1-4H3. The van der Waals surface area contributed by atoms with Gasteiger partial charge in [-0.2, -0.15) is 0 Å². The maximum absolute atomic E-state index is 6.33. The minimum Gasteiger partial charge on any atom is -0.376 e. The van der Waals surface area contributed by atoms with Crippen LogP contribution in [0.3, 0.4) is 0 Å². The second-order valence-electron chi connectivity index (χ2n) is 5.85. The van der Waals surface area contributed by atoms with Crippen molar-refractivity contribution in [2.45, 2.75) is 46.3 Å². The first-order valence-corrected chi connectivity index (χ1v) is 7.74. The minimum atomic E-state index is -0.0707. The average Bonchev–Trinajstić information content (AvgIpc) is 2.28. The van der Waals surface area contributed by atoms with Crippen molar-refractivity contribution in [3.8, 4) is 0 Å². The zero-order valence-corrected chi connectivity index (χ0v) is 14.4. The fraction of sp³-hybridized carbons (Fsp3) is 0.600. The molecule has 1 aromatic carbocycles. The predicted molar refractivity (Wildman–Crippen MR) is 85.7 cm³/mol. The Morgan fingerprint density at radius 1 is 1.37 bits per heavy atom. The van der Waals surface area contributed by atoms with Crippen LogP contribution in [0.4, 0.5) is 0 Å². The Morgan fingerprint density at radius 2 is 2.00 bits per heavy atom. The zero-order valence-electron chi connectivity index (χ0n) is 12.0. The number of benzene rings is 1. The lowest BCUT2D eigenvalue weighted by molar-refractivity contribution is -0.0274. The number of hydrogen-bond donors (Lipinski definition) is 1. The van der Waals surface area contributed by atoms with Gasteiger partial charge in [-0.15, -0.1) is 0 Å². The van der Waals surface area contributed by atoms with Crippen LogP contribution in [0.1, 0.15) is 33.3 Å². The average molecular weight is 349 g/mol. The molecule has 0 radical (unpaired) electrons. The smallest absolute Gasteiger partial charge is 0.0777 e. The van der Waals surface area contributed by atoms with Gasteiger partial charge < -0.3 is 10.5 Å². The highest BCUT2D eigenvalue weighted by Crippen LogP contribution is 2.28. The van der Waals surface area contributed by atoms with Gasteiger partial charge in [0.2, 0.25) is 0 Å². The monoisotopic (exact) mass is 347 g/mol. The Bertz CT molecular complexity index is 417. The molecule has 0 fully saturated rings. The van der Waals surface area contributed by atoms with Crippen molar-refractivity contribution in [2.75, 3.05) is 6.61 Å². The molecule has 2 unspecified atom stereocenters. The molecule has 0 aliphatic carbocycles. The molecule has 19 heavy (non-hydrogen) atoms. The molecule has 0 spiro atoms. The molecule has 2 nitrogen and oxygen atoms in total. The summed E-state index contributed by atoms with van der Waals surface area (Å²) in [7, 11) is 0. The van der Waals surface area contributed by atoms with E-state index < -0.39 is 0 Å². The van der Waals surface area contributed by atoms with Gasteiger partial charge >= 0.3 is 0 Å². The van der Waals surface area contributed by atoms with E-state index in [1.165, 1.54) is 0 Å². The topological polar surface area (TPSA) is 35.2 Å². The molecule has 0 saturated carbocycles. The quantitative estimate of drug-likeness (QED) is 0.854. The van der Waals surface area contributed by atoms with Gasteiger partial charge in [0.05, 0.1) is 6.10 Å². The second kappa shape index (κ2) is 7.07. The highest BCUT2D eigenvalue weighted by molar-refractivity contribution is 9.10. The summed E-state index contributed by atoms with van der Waals surface area (Å²) in [5.74, 6) is 0. The van der Waals surface area contributed by atoms with Gasteiger partial charge in [0.1, 0.15) is 0 Å². The van der Waals surface area contributed by atoms with E-state index in [4.69, 9.17) is 22.1 Å². The third-order valence-electron chi connectivity index (χ3n) is 3.06. The van der Waals surface area contributed by atoms with Crippen LogP contribution in [0.5, 0.6) is 0 Å². The molecule has 1 aromatic rings. The van der Waals surface area contributed by atoms with Crippen molar-refractivity contribution < 1.29 is 4.74 Å².